The van der Waals surface area contributed by atoms with Crippen LogP contribution in [-0.2, 0) is 9.47 Å². The van der Waals surface area contributed by atoms with E-state index >= 15 is 0 Å². The lowest BCUT2D eigenvalue weighted by molar-refractivity contribution is 0.0410. The Balaban J connectivity index is 0.000000258. The molecular formula is C20H30BrClF2N6O2. The minimum Gasteiger partial charge on any atom is -0.384 e. The maximum atomic E-state index is 13.5. The first kappa shape index (κ1) is 28.2. The maximum absolute atomic E-state index is 13.5. The van der Waals surface area contributed by atoms with Crippen molar-refractivity contribution in [2.24, 2.45) is 0 Å². The molecule has 4 rings (SSSR count). The van der Waals surface area contributed by atoms with Crippen LogP contribution in [0.5, 0.6) is 0 Å². The maximum Gasteiger partial charge on any atom is 0.167 e. The van der Waals surface area contributed by atoms with Crippen LogP contribution >= 0.6 is 28.3 Å². The topological polar surface area (TPSA) is 112 Å². The van der Waals surface area contributed by atoms with E-state index in [0.717, 1.165) is 19.7 Å². The molecule has 2 fully saturated rings. The summed E-state index contributed by atoms with van der Waals surface area (Å²) >= 11 is 2.88. The van der Waals surface area contributed by atoms with E-state index in [9.17, 15) is 8.78 Å². The van der Waals surface area contributed by atoms with Crippen molar-refractivity contribution >= 4 is 45.8 Å². The third kappa shape index (κ3) is 9.78. The van der Waals surface area contributed by atoms with Gasteiger partial charge in [0.2, 0.25) is 0 Å². The van der Waals surface area contributed by atoms with E-state index in [4.69, 9.17) is 20.9 Å². The van der Waals surface area contributed by atoms with Gasteiger partial charge in [-0.05, 0) is 54.0 Å². The van der Waals surface area contributed by atoms with Crippen LogP contribution < -0.4 is 21.7 Å². The van der Waals surface area contributed by atoms with E-state index in [1.54, 1.807) is 0 Å². The summed E-state index contributed by atoms with van der Waals surface area (Å²) in [5.74, 6) is 0.237. The third-order valence-corrected chi connectivity index (χ3v) is 4.88. The summed E-state index contributed by atoms with van der Waals surface area (Å²) in [6, 6.07) is 5.47. The fraction of sp³-hybridized carbons (Fsp3) is 0.500. The van der Waals surface area contributed by atoms with Crippen molar-refractivity contribution in [3.8, 4) is 0 Å². The molecule has 180 valence electrons. The van der Waals surface area contributed by atoms with Gasteiger partial charge in [-0.25, -0.2) is 18.7 Å². The number of nitrogens with two attached hydrogens (primary N) is 2. The highest BCUT2D eigenvalue weighted by molar-refractivity contribution is 9.10. The molecule has 0 aliphatic carbocycles. The van der Waals surface area contributed by atoms with Crippen LogP contribution in [0.15, 0.2) is 28.9 Å². The number of nitrogen functional groups attached to an aromatic ring is 2. The van der Waals surface area contributed by atoms with Gasteiger partial charge in [-0.1, -0.05) is 0 Å². The van der Waals surface area contributed by atoms with Crippen molar-refractivity contribution in [3.63, 3.8) is 0 Å². The lowest BCUT2D eigenvalue weighted by atomic mass is 10.3. The Labute approximate surface area is 201 Å². The number of hydrogen-bond acceptors (Lipinski definition) is 8. The second-order valence-electron chi connectivity index (χ2n) is 7.06. The number of aromatic nitrogens is 2. The Morgan fingerprint density at radius 2 is 1.62 bits per heavy atom. The minimum atomic E-state index is -0.399. The highest BCUT2D eigenvalue weighted by Crippen LogP contribution is 2.20. The van der Waals surface area contributed by atoms with Crippen LogP contribution in [-0.4, -0.2) is 61.6 Å². The summed E-state index contributed by atoms with van der Waals surface area (Å²) in [7, 11) is 0. The quantitative estimate of drug-likeness (QED) is 0.474. The molecule has 0 aromatic carbocycles. The molecular weight excluding hydrogens is 510 g/mol. The van der Waals surface area contributed by atoms with Gasteiger partial charge in [-0.3, -0.25) is 0 Å². The van der Waals surface area contributed by atoms with Crippen LogP contribution in [0.2, 0.25) is 0 Å². The Morgan fingerprint density at radius 1 is 1.00 bits per heavy atom. The number of nitrogens with zero attached hydrogens (tertiary/aromatic N) is 3. The first-order valence-electron chi connectivity index (χ1n) is 9.94. The predicted molar refractivity (Wildman–Crippen MR) is 128 cm³/mol. The number of pyridine rings is 2. The molecule has 12 heteroatoms. The largest absolute Gasteiger partial charge is 0.384 e. The molecule has 0 radical (unpaired) electrons. The molecule has 32 heavy (non-hydrogen) atoms. The highest BCUT2D eigenvalue weighted by Gasteiger charge is 2.20. The van der Waals surface area contributed by atoms with Gasteiger partial charge in [0.05, 0.1) is 25.4 Å². The van der Waals surface area contributed by atoms with Crippen molar-refractivity contribution in [2.75, 3.05) is 55.8 Å². The zero-order valence-electron chi connectivity index (χ0n) is 18.1. The van der Waals surface area contributed by atoms with E-state index in [-0.39, 0.29) is 28.9 Å². The van der Waals surface area contributed by atoms with E-state index in [2.05, 4.69) is 38.1 Å². The SMILES string of the molecule is C[C@@H]1CN(c2nc(N)ccc2F)CCO1.C[C@@H]1CNCCO1.Cl.Nc1ccc(F)c(Br)n1. The first-order chi connectivity index (χ1) is 14.8. The van der Waals surface area contributed by atoms with Gasteiger partial charge < -0.3 is 31.2 Å². The number of rotatable bonds is 1. The third-order valence-electron chi connectivity index (χ3n) is 4.33. The number of morpholine rings is 2. The molecule has 2 saturated heterocycles. The zero-order chi connectivity index (χ0) is 22.8. The molecule has 5 N–H and O–H groups in total. The summed E-state index contributed by atoms with van der Waals surface area (Å²) in [6.45, 7) is 8.83. The van der Waals surface area contributed by atoms with Gasteiger partial charge in [0.1, 0.15) is 16.2 Å². The van der Waals surface area contributed by atoms with Crippen molar-refractivity contribution in [2.45, 2.75) is 26.1 Å². The average Bonchev–Trinajstić information content (AvgIpc) is 2.74. The van der Waals surface area contributed by atoms with E-state index in [1.807, 2.05) is 11.8 Å². The molecule has 2 aliphatic heterocycles. The Kier molecular flexibility index (Phi) is 12.7. The molecule has 0 amide bonds. The van der Waals surface area contributed by atoms with Crippen molar-refractivity contribution in [3.05, 3.63) is 40.5 Å². The van der Waals surface area contributed by atoms with Crippen molar-refractivity contribution < 1.29 is 18.3 Å². The average molecular weight is 540 g/mol. The number of halogens is 4. The van der Waals surface area contributed by atoms with Gasteiger partial charge in [0.15, 0.2) is 17.5 Å². The highest BCUT2D eigenvalue weighted by atomic mass is 79.9. The van der Waals surface area contributed by atoms with Gasteiger partial charge in [-0.15, -0.1) is 12.4 Å². The summed E-state index contributed by atoms with van der Waals surface area (Å²) in [4.78, 5) is 9.46. The van der Waals surface area contributed by atoms with Gasteiger partial charge >= 0.3 is 0 Å². The molecule has 2 atom stereocenters. The summed E-state index contributed by atoms with van der Waals surface area (Å²) in [6.07, 6.45) is 0.523. The molecule has 0 saturated carbocycles. The van der Waals surface area contributed by atoms with Gasteiger partial charge in [-0.2, -0.15) is 0 Å². The van der Waals surface area contributed by atoms with E-state index in [0.29, 0.717) is 43.3 Å². The molecule has 0 bridgehead atoms. The Hall–Kier alpha value is -1.79. The molecule has 2 aromatic rings. The number of nitrogens with one attached hydrogen (secondary N) is 1. The summed E-state index contributed by atoms with van der Waals surface area (Å²) < 4.78 is 36.6. The molecule has 2 aromatic heterocycles. The standard InChI is InChI=1S/C10H14FN3O.C5H4BrFN2.C5H11NO.ClH/c1-7-6-14(4-5-15-7)10-8(11)2-3-9(12)13-10;6-5-3(7)1-2-4(8)9-5;1-5-4-6-2-3-7-5;/h2-3,7H,4-6H2,1H3,(H2,12,13);1-2H,(H2,8,9);5-6H,2-4H2,1H3;1H/t7-;;5-;/m1.1./s1. The molecule has 0 spiro atoms. The first-order valence-corrected chi connectivity index (χ1v) is 10.7. The summed E-state index contributed by atoms with van der Waals surface area (Å²) in [5.41, 5.74) is 10.8. The van der Waals surface area contributed by atoms with Crippen molar-refractivity contribution in [1.82, 2.24) is 15.3 Å². The number of anilines is 3. The fourth-order valence-corrected chi connectivity index (χ4v) is 3.14. The summed E-state index contributed by atoms with van der Waals surface area (Å²) in [5, 5.41) is 3.21. The monoisotopic (exact) mass is 538 g/mol. The fourth-order valence-electron chi connectivity index (χ4n) is 2.81. The lowest BCUT2D eigenvalue weighted by Crippen LogP contribution is -2.42. The van der Waals surface area contributed by atoms with Crippen LogP contribution in [0.3, 0.4) is 0 Å². The van der Waals surface area contributed by atoms with E-state index < -0.39 is 5.82 Å². The van der Waals surface area contributed by atoms with Crippen LogP contribution in [0, 0.1) is 11.6 Å². The Morgan fingerprint density at radius 3 is 2.12 bits per heavy atom. The normalized spacial score (nSPS) is 20.1. The molecule has 8 nitrogen and oxygen atoms in total. The van der Waals surface area contributed by atoms with Crippen molar-refractivity contribution in [1.29, 1.82) is 0 Å². The van der Waals surface area contributed by atoms with Crippen LogP contribution in [0.25, 0.3) is 0 Å². The minimum absolute atomic E-state index is 0. The number of ether oxygens (including phenoxy) is 2. The van der Waals surface area contributed by atoms with Gasteiger partial charge in [0.25, 0.3) is 0 Å². The predicted octanol–water partition coefficient (Wildman–Crippen LogP) is 3.01. The second-order valence-corrected chi connectivity index (χ2v) is 7.81. The van der Waals surface area contributed by atoms with Gasteiger partial charge in [0, 0.05) is 26.2 Å². The van der Waals surface area contributed by atoms with E-state index in [1.165, 1.54) is 24.3 Å². The molecule has 4 heterocycles. The van der Waals surface area contributed by atoms with Crippen LogP contribution in [0.4, 0.5) is 26.2 Å². The molecule has 2 aliphatic rings. The number of hydrogen-bond donors (Lipinski definition) is 3. The lowest BCUT2D eigenvalue weighted by Gasteiger charge is -2.32. The Bertz CT molecular complexity index is 833. The molecule has 0 unspecified atom stereocenters. The zero-order valence-corrected chi connectivity index (χ0v) is 20.5. The second kappa shape index (κ2) is 14.4. The van der Waals surface area contributed by atoms with Crippen LogP contribution in [0.1, 0.15) is 13.8 Å². The smallest absolute Gasteiger partial charge is 0.167 e.